The van der Waals surface area contributed by atoms with Crippen LogP contribution in [0.3, 0.4) is 0 Å². The molecule has 0 saturated heterocycles. The normalized spacial score (nSPS) is 17.5. The lowest BCUT2D eigenvalue weighted by Gasteiger charge is -2.32. The van der Waals surface area contributed by atoms with Crippen molar-refractivity contribution in [2.75, 3.05) is 0 Å². The zero-order valence-electron chi connectivity index (χ0n) is 20.8. The van der Waals surface area contributed by atoms with Crippen LogP contribution in [0, 0.1) is 5.82 Å². The van der Waals surface area contributed by atoms with Gasteiger partial charge < -0.3 is 19.9 Å². The fourth-order valence-electron chi connectivity index (χ4n) is 4.40. The van der Waals surface area contributed by atoms with Crippen molar-refractivity contribution in [3.63, 3.8) is 0 Å². The number of amides is 1. The summed E-state index contributed by atoms with van der Waals surface area (Å²) in [7, 11) is 0. The van der Waals surface area contributed by atoms with Gasteiger partial charge in [0.1, 0.15) is 19.0 Å². The SMILES string of the molecule is O=C(Cn1nc(C(=O)O)cc1OCc1ccc(F)c(C(F)(F)F)c1)N[C@H]1CCCC[C@@H]1OCc1ccccc1. The lowest BCUT2D eigenvalue weighted by molar-refractivity contribution is -0.140. The monoisotopic (exact) mass is 549 g/mol. The first-order valence-electron chi connectivity index (χ1n) is 12.3. The summed E-state index contributed by atoms with van der Waals surface area (Å²) in [6.07, 6.45) is -1.74. The molecule has 1 fully saturated rings. The molecule has 0 radical (unpaired) electrons. The molecule has 0 spiro atoms. The number of carboxylic acid groups (broad SMARTS) is 1. The molecule has 1 saturated carbocycles. The van der Waals surface area contributed by atoms with Crippen molar-refractivity contribution in [1.82, 2.24) is 15.1 Å². The van der Waals surface area contributed by atoms with Crippen molar-refractivity contribution in [2.45, 2.75) is 63.8 Å². The smallest absolute Gasteiger partial charge is 0.419 e. The number of benzene rings is 2. The molecule has 12 heteroatoms. The maximum absolute atomic E-state index is 13.6. The van der Waals surface area contributed by atoms with E-state index in [0.29, 0.717) is 25.2 Å². The fourth-order valence-corrected chi connectivity index (χ4v) is 4.40. The molecule has 1 amide bonds. The number of alkyl halides is 3. The van der Waals surface area contributed by atoms with Gasteiger partial charge in [0.05, 0.1) is 24.3 Å². The number of nitrogens with zero attached hydrogens (tertiary/aromatic N) is 2. The van der Waals surface area contributed by atoms with Crippen molar-refractivity contribution < 1.29 is 41.7 Å². The zero-order chi connectivity index (χ0) is 28.0. The first-order valence-corrected chi connectivity index (χ1v) is 12.3. The summed E-state index contributed by atoms with van der Waals surface area (Å²) in [6, 6.07) is 12.9. The molecule has 4 rings (SSSR count). The van der Waals surface area contributed by atoms with Gasteiger partial charge in [-0.25, -0.2) is 13.9 Å². The number of hydrogen-bond acceptors (Lipinski definition) is 5. The molecule has 1 aliphatic carbocycles. The summed E-state index contributed by atoms with van der Waals surface area (Å²) in [5.41, 5.74) is -0.844. The van der Waals surface area contributed by atoms with E-state index in [2.05, 4.69) is 10.4 Å². The Hall–Kier alpha value is -3.93. The standard InChI is InChI=1S/C27H27F4N3O5/c28-20-11-10-18(12-19(20)27(29,30)31)16-39-25-13-22(26(36)37)33-34(25)14-24(35)32-21-8-4-5-9-23(21)38-15-17-6-2-1-3-7-17/h1-3,6-7,10-13,21,23H,4-5,8-9,14-16H2,(H,32,35)(H,36,37)/t21-,23-/m0/s1. The number of carbonyl (C=O) groups excluding carboxylic acids is 1. The first kappa shape index (κ1) is 28.1. The van der Waals surface area contributed by atoms with Gasteiger partial charge in [-0.05, 0) is 36.1 Å². The molecular formula is C27H27F4N3O5. The van der Waals surface area contributed by atoms with E-state index < -0.39 is 41.7 Å². The molecule has 1 aliphatic rings. The molecule has 0 aliphatic heterocycles. The predicted molar refractivity (Wildman–Crippen MR) is 130 cm³/mol. The number of aromatic carboxylic acids is 1. The lowest BCUT2D eigenvalue weighted by atomic mass is 9.92. The second-order valence-electron chi connectivity index (χ2n) is 9.22. The van der Waals surface area contributed by atoms with Crippen molar-refractivity contribution in [3.8, 4) is 5.88 Å². The third kappa shape index (κ3) is 7.56. The Morgan fingerprint density at radius 1 is 1.03 bits per heavy atom. The van der Waals surface area contributed by atoms with Gasteiger partial charge >= 0.3 is 12.1 Å². The summed E-state index contributed by atoms with van der Waals surface area (Å²) in [5, 5.41) is 16.1. The van der Waals surface area contributed by atoms with Gasteiger partial charge in [0.15, 0.2) is 5.69 Å². The number of carboxylic acids is 1. The van der Waals surface area contributed by atoms with E-state index >= 15 is 0 Å². The highest BCUT2D eigenvalue weighted by Crippen LogP contribution is 2.32. The molecule has 39 heavy (non-hydrogen) atoms. The van der Waals surface area contributed by atoms with Gasteiger partial charge in [-0.1, -0.05) is 49.2 Å². The van der Waals surface area contributed by atoms with Crippen LogP contribution in [-0.4, -0.2) is 38.9 Å². The molecule has 2 atom stereocenters. The van der Waals surface area contributed by atoms with E-state index in [-0.39, 0.29) is 30.1 Å². The molecule has 208 valence electrons. The second-order valence-corrected chi connectivity index (χ2v) is 9.22. The molecule has 0 bridgehead atoms. The van der Waals surface area contributed by atoms with Crippen LogP contribution in [-0.2, 0) is 35.5 Å². The Bertz CT molecular complexity index is 1300. The molecule has 3 aromatic rings. The van der Waals surface area contributed by atoms with Crippen LogP contribution in [0.2, 0.25) is 0 Å². The predicted octanol–water partition coefficient (Wildman–Crippen LogP) is 4.96. The summed E-state index contributed by atoms with van der Waals surface area (Å²) in [5.74, 6) is -3.39. The summed E-state index contributed by atoms with van der Waals surface area (Å²) in [6.45, 7) is -0.425. The Morgan fingerprint density at radius 2 is 1.77 bits per heavy atom. The quantitative estimate of drug-likeness (QED) is 0.347. The third-order valence-electron chi connectivity index (χ3n) is 6.33. The zero-order valence-corrected chi connectivity index (χ0v) is 20.8. The van der Waals surface area contributed by atoms with Crippen molar-refractivity contribution >= 4 is 11.9 Å². The molecule has 8 nitrogen and oxygen atoms in total. The minimum Gasteiger partial charge on any atom is -0.476 e. The lowest BCUT2D eigenvalue weighted by Crippen LogP contribution is -2.47. The Kier molecular flexibility index (Phi) is 8.85. The second kappa shape index (κ2) is 12.3. The van der Waals surface area contributed by atoms with E-state index in [1.54, 1.807) is 0 Å². The van der Waals surface area contributed by atoms with Gasteiger partial charge in [-0.2, -0.15) is 18.3 Å². The van der Waals surface area contributed by atoms with E-state index in [9.17, 15) is 32.3 Å². The minimum atomic E-state index is -4.89. The van der Waals surface area contributed by atoms with E-state index in [0.717, 1.165) is 41.6 Å². The molecular weight excluding hydrogens is 522 g/mol. The van der Waals surface area contributed by atoms with E-state index in [1.807, 2.05) is 30.3 Å². The third-order valence-corrected chi connectivity index (χ3v) is 6.33. The Labute approximate surface area is 221 Å². The Balaban J connectivity index is 1.41. The van der Waals surface area contributed by atoms with E-state index in [1.165, 1.54) is 0 Å². The average Bonchev–Trinajstić information content (AvgIpc) is 3.30. The van der Waals surface area contributed by atoms with Gasteiger partial charge in [0.2, 0.25) is 11.8 Å². The summed E-state index contributed by atoms with van der Waals surface area (Å²) in [4.78, 5) is 24.4. The molecule has 2 N–H and O–H groups in total. The van der Waals surface area contributed by atoms with Crippen LogP contribution in [0.5, 0.6) is 5.88 Å². The van der Waals surface area contributed by atoms with Crippen molar-refractivity contribution in [1.29, 1.82) is 0 Å². The molecule has 1 heterocycles. The highest BCUT2D eigenvalue weighted by Gasteiger charge is 2.34. The van der Waals surface area contributed by atoms with Gasteiger partial charge in [-0.15, -0.1) is 0 Å². The van der Waals surface area contributed by atoms with Crippen LogP contribution < -0.4 is 10.1 Å². The van der Waals surface area contributed by atoms with Crippen LogP contribution in [0.1, 0.15) is 52.9 Å². The van der Waals surface area contributed by atoms with Crippen LogP contribution in [0.4, 0.5) is 17.6 Å². The highest BCUT2D eigenvalue weighted by molar-refractivity contribution is 5.85. The largest absolute Gasteiger partial charge is 0.476 e. The van der Waals surface area contributed by atoms with Crippen molar-refractivity contribution in [2.24, 2.45) is 0 Å². The summed E-state index contributed by atoms with van der Waals surface area (Å²) >= 11 is 0. The number of aromatic nitrogens is 2. The van der Waals surface area contributed by atoms with E-state index in [4.69, 9.17) is 9.47 Å². The van der Waals surface area contributed by atoms with Crippen molar-refractivity contribution in [3.05, 3.63) is 82.8 Å². The minimum absolute atomic E-state index is 0.00147. The average molecular weight is 550 g/mol. The highest BCUT2D eigenvalue weighted by atomic mass is 19.4. The van der Waals surface area contributed by atoms with Crippen LogP contribution in [0.15, 0.2) is 54.6 Å². The topological polar surface area (TPSA) is 103 Å². The maximum atomic E-state index is 13.6. The molecule has 0 unspecified atom stereocenters. The Morgan fingerprint density at radius 3 is 2.49 bits per heavy atom. The fraction of sp³-hybridized carbons (Fsp3) is 0.370. The number of halogens is 4. The molecule has 1 aromatic heterocycles. The number of carbonyl (C=O) groups is 2. The number of ether oxygens (including phenoxy) is 2. The van der Waals surface area contributed by atoms with Crippen LogP contribution >= 0.6 is 0 Å². The van der Waals surface area contributed by atoms with Gasteiger partial charge in [0.25, 0.3) is 0 Å². The molecule has 2 aromatic carbocycles. The van der Waals surface area contributed by atoms with Gasteiger partial charge in [-0.3, -0.25) is 4.79 Å². The number of nitrogens with one attached hydrogen (secondary N) is 1. The maximum Gasteiger partial charge on any atom is 0.419 e. The number of rotatable bonds is 10. The van der Waals surface area contributed by atoms with Gasteiger partial charge in [0, 0.05) is 6.07 Å². The van der Waals surface area contributed by atoms with Crippen LogP contribution in [0.25, 0.3) is 0 Å². The number of hydrogen-bond donors (Lipinski definition) is 2. The summed E-state index contributed by atoms with van der Waals surface area (Å²) < 4.78 is 65.3. The first-order chi connectivity index (χ1) is 18.6.